The van der Waals surface area contributed by atoms with Crippen LogP contribution in [0.1, 0.15) is 47.8 Å². The van der Waals surface area contributed by atoms with Crippen molar-refractivity contribution in [2.24, 2.45) is 0 Å². The number of ketones is 2. The molecule has 1 aliphatic rings. The van der Waals surface area contributed by atoms with Gasteiger partial charge >= 0.3 is 0 Å². The van der Waals surface area contributed by atoms with Crippen LogP contribution in [0.25, 0.3) is 0 Å². The fourth-order valence-corrected chi connectivity index (χ4v) is 5.00. The molecule has 0 heterocycles. The fraction of sp³-hybridized carbons (Fsp3) is 0.0357. The van der Waals surface area contributed by atoms with Crippen molar-refractivity contribution in [1.29, 1.82) is 0 Å². The number of carbonyl (C=O) groups excluding carboxylic acids is 3. The maximum absolute atomic E-state index is 13.6. The van der Waals surface area contributed by atoms with Crippen molar-refractivity contribution in [2.45, 2.75) is 16.7 Å². The summed E-state index contributed by atoms with van der Waals surface area (Å²) in [4.78, 5) is 41.8. The van der Waals surface area contributed by atoms with Gasteiger partial charge in [0.15, 0.2) is 11.6 Å². The number of hydrogen-bond donors (Lipinski definition) is 1. The monoisotopic (exact) mass is 449 g/mol. The van der Waals surface area contributed by atoms with E-state index in [1.807, 2.05) is 49.4 Å². The lowest BCUT2D eigenvalue weighted by Crippen LogP contribution is -2.25. The summed E-state index contributed by atoms with van der Waals surface area (Å²) in [6.45, 7) is 1.86. The van der Waals surface area contributed by atoms with Crippen LogP contribution in [0.15, 0.2) is 101 Å². The Morgan fingerprint density at radius 3 is 2.00 bits per heavy atom. The molecule has 0 fully saturated rings. The minimum Gasteiger partial charge on any atom is -0.321 e. The minimum atomic E-state index is -0.321. The number of benzene rings is 4. The first kappa shape index (κ1) is 20.9. The second-order valence-corrected chi connectivity index (χ2v) is 8.86. The van der Waals surface area contributed by atoms with Crippen LogP contribution in [0.4, 0.5) is 5.69 Å². The van der Waals surface area contributed by atoms with Gasteiger partial charge in [0.2, 0.25) is 0 Å². The summed E-state index contributed by atoms with van der Waals surface area (Å²) in [5.41, 5.74) is 2.98. The molecular formula is C28H19NO3S. The molecule has 1 aliphatic carbocycles. The molecule has 0 saturated heterocycles. The van der Waals surface area contributed by atoms with E-state index < -0.39 is 0 Å². The van der Waals surface area contributed by atoms with Crippen LogP contribution in [-0.4, -0.2) is 17.5 Å². The van der Waals surface area contributed by atoms with Crippen LogP contribution in [0.2, 0.25) is 0 Å². The Hall–Kier alpha value is -3.96. The zero-order valence-electron chi connectivity index (χ0n) is 17.8. The van der Waals surface area contributed by atoms with E-state index >= 15 is 0 Å². The third kappa shape index (κ3) is 3.77. The summed E-state index contributed by atoms with van der Waals surface area (Å²) < 4.78 is 0. The summed E-state index contributed by atoms with van der Waals surface area (Å²) in [6, 6.07) is 27.3. The van der Waals surface area contributed by atoms with Crippen LogP contribution >= 0.6 is 11.8 Å². The first-order chi connectivity index (χ1) is 16.0. The lowest BCUT2D eigenvalue weighted by atomic mass is 9.83. The number of amides is 1. The third-order valence-electron chi connectivity index (χ3n) is 5.65. The highest BCUT2D eigenvalue weighted by molar-refractivity contribution is 7.99. The van der Waals surface area contributed by atoms with Gasteiger partial charge in [0.05, 0.1) is 11.3 Å². The second-order valence-electron chi connectivity index (χ2n) is 7.75. The maximum Gasteiger partial charge on any atom is 0.255 e. The molecule has 4 nitrogen and oxygen atoms in total. The number of aryl methyl sites for hydroxylation is 1. The van der Waals surface area contributed by atoms with Crippen molar-refractivity contribution in [1.82, 2.24) is 0 Å². The van der Waals surface area contributed by atoms with Crippen LogP contribution < -0.4 is 5.32 Å². The predicted octanol–water partition coefficient (Wildman–Crippen LogP) is 6.17. The van der Waals surface area contributed by atoms with Gasteiger partial charge in [-0.15, -0.1) is 0 Å². The standard InChI is InChI=1S/C28H19NO3S/c1-17-9-5-6-12-19(17)28(32)29-22-15-16-23(33-18-10-3-2-4-11-18)25-24(22)26(30)20-13-7-8-14-21(20)27(25)31/h2-16H,1H3,(H,29,32). The average Bonchev–Trinajstić information content (AvgIpc) is 2.84. The van der Waals surface area contributed by atoms with Gasteiger partial charge in [-0.05, 0) is 42.8 Å². The molecular weight excluding hydrogens is 430 g/mol. The van der Waals surface area contributed by atoms with E-state index in [0.29, 0.717) is 32.8 Å². The molecule has 5 heteroatoms. The minimum absolute atomic E-state index is 0.217. The molecule has 33 heavy (non-hydrogen) atoms. The Morgan fingerprint density at radius 2 is 1.30 bits per heavy atom. The van der Waals surface area contributed by atoms with Gasteiger partial charge in [0.25, 0.3) is 5.91 Å². The molecule has 0 atom stereocenters. The Bertz CT molecular complexity index is 1430. The van der Waals surface area contributed by atoms with Crippen LogP contribution in [0.5, 0.6) is 0 Å². The fourth-order valence-electron chi connectivity index (χ4n) is 4.02. The molecule has 0 saturated carbocycles. The van der Waals surface area contributed by atoms with Crippen molar-refractivity contribution in [3.8, 4) is 0 Å². The molecule has 0 aromatic heterocycles. The van der Waals surface area contributed by atoms with Gasteiger partial charge in [-0.2, -0.15) is 0 Å². The van der Waals surface area contributed by atoms with Crippen LogP contribution in [-0.2, 0) is 0 Å². The predicted molar refractivity (Wildman–Crippen MR) is 129 cm³/mol. The number of hydrogen-bond acceptors (Lipinski definition) is 4. The van der Waals surface area contributed by atoms with E-state index in [2.05, 4.69) is 5.32 Å². The lowest BCUT2D eigenvalue weighted by molar-refractivity contribution is 0.0976. The van der Waals surface area contributed by atoms with Crippen LogP contribution in [0.3, 0.4) is 0 Å². The highest BCUT2D eigenvalue weighted by Crippen LogP contribution is 2.40. The van der Waals surface area contributed by atoms with Gasteiger partial charge in [-0.25, -0.2) is 0 Å². The van der Waals surface area contributed by atoms with E-state index in [4.69, 9.17) is 0 Å². The van der Waals surface area contributed by atoms with Crippen molar-refractivity contribution in [3.63, 3.8) is 0 Å². The van der Waals surface area contributed by atoms with Gasteiger partial charge in [0, 0.05) is 32.0 Å². The molecule has 5 rings (SSSR count). The Morgan fingerprint density at radius 1 is 0.697 bits per heavy atom. The topological polar surface area (TPSA) is 63.2 Å². The van der Waals surface area contributed by atoms with Gasteiger partial charge in [0.1, 0.15) is 0 Å². The summed E-state index contributed by atoms with van der Waals surface area (Å²) in [5, 5.41) is 2.88. The normalized spacial score (nSPS) is 12.2. The average molecular weight is 450 g/mol. The van der Waals surface area contributed by atoms with Crippen molar-refractivity contribution in [2.75, 3.05) is 5.32 Å². The Labute approximate surface area is 195 Å². The summed E-state index contributed by atoms with van der Waals surface area (Å²) in [7, 11) is 0. The zero-order chi connectivity index (χ0) is 22.9. The highest BCUT2D eigenvalue weighted by atomic mass is 32.2. The quantitative estimate of drug-likeness (QED) is 0.356. The molecule has 4 aromatic carbocycles. The zero-order valence-corrected chi connectivity index (χ0v) is 18.6. The summed E-state index contributed by atoms with van der Waals surface area (Å²) in [5.74, 6) is -0.806. The Balaban J connectivity index is 1.64. The SMILES string of the molecule is Cc1ccccc1C(=O)Nc1ccc(Sc2ccccc2)c2c1C(=O)c1ccccc1C2=O. The largest absolute Gasteiger partial charge is 0.321 e. The number of anilines is 1. The van der Waals surface area contributed by atoms with Crippen molar-refractivity contribution in [3.05, 3.63) is 124 Å². The van der Waals surface area contributed by atoms with Crippen molar-refractivity contribution < 1.29 is 14.4 Å². The van der Waals surface area contributed by atoms with E-state index in [9.17, 15) is 14.4 Å². The maximum atomic E-state index is 13.6. The van der Waals surface area contributed by atoms with Gasteiger partial charge in [-0.3, -0.25) is 14.4 Å². The molecule has 4 aromatic rings. The van der Waals surface area contributed by atoms with Gasteiger partial charge < -0.3 is 5.32 Å². The van der Waals surface area contributed by atoms with E-state index in [0.717, 1.165) is 10.5 Å². The number of carbonyl (C=O) groups is 3. The number of rotatable bonds is 4. The van der Waals surface area contributed by atoms with Crippen LogP contribution in [0, 0.1) is 6.92 Å². The molecule has 0 spiro atoms. The molecule has 160 valence electrons. The first-order valence-electron chi connectivity index (χ1n) is 10.5. The highest BCUT2D eigenvalue weighted by Gasteiger charge is 2.34. The first-order valence-corrected chi connectivity index (χ1v) is 11.3. The molecule has 0 radical (unpaired) electrons. The Kier molecular flexibility index (Phi) is 5.40. The number of nitrogens with one attached hydrogen (secondary N) is 1. The van der Waals surface area contributed by atoms with E-state index in [1.165, 1.54) is 11.8 Å². The summed E-state index contributed by atoms with van der Waals surface area (Å²) >= 11 is 1.42. The molecule has 1 N–H and O–H groups in total. The molecule has 0 unspecified atom stereocenters. The lowest BCUT2D eigenvalue weighted by Gasteiger charge is -2.23. The van der Waals surface area contributed by atoms with Crippen molar-refractivity contribution >= 4 is 34.9 Å². The molecule has 0 bridgehead atoms. The van der Waals surface area contributed by atoms with E-state index in [1.54, 1.807) is 48.5 Å². The second kappa shape index (κ2) is 8.52. The smallest absolute Gasteiger partial charge is 0.255 e. The molecule has 0 aliphatic heterocycles. The third-order valence-corrected chi connectivity index (χ3v) is 6.71. The summed E-state index contributed by atoms with van der Waals surface area (Å²) in [6.07, 6.45) is 0. The number of fused-ring (bicyclic) bond motifs is 2. The van der Waals surface area contributed by atoms with Gasteiger partial charge in [-0.1, -0.05) is 72.4 Å². The molecule has 1 amide bonds. The van der Waals surface area contributed by atoms with E-state index in [-0.39, 0.29) is 23.0 Å².